The number of benzene rings is 1. The Bertz CT molecular complexity index is 505. The Hall–Kier alpha value is -0.830. The molecular formula is C14H16ClNS. The van der Waals surface area contributed by atoms with Crippen LogP contribution in [-0.2, 0) is 6.42 Å². The lowest BCUT2D eigenvalue weighted by molar-refractivity contribution is 0.793. The van der Waals surface area contributed by atoms with Gasteiger partial charge in [0.2, 0.25) is 0 Å². The molecule has 17 heavy (non-hydrogen) atoms. The lowest BCUT2D eigenvalue weighted by atomic mass is 10.1. The second kappa shape index (κ2) is 5.67. The molecule has 0 bridgehead atoms. The minimum Gasteiger partial charge on any atom is -0.319 e. The van der Waals surface area contributed by atoms with Gasteiger partial charge in [0.05, 0.1) is 0 Å². The fourth-order valence-electron chi connectivity index (χ4n) is 1.79. The van der Waals surface area contributed by atoms with Crippen molar-refractivity contribution in [3.63, 3.8) is 0 Å². The van der Waals surface area contributed by atoms with Crippen LogP contribution in [0, 0.1) is 6.92 Å². The van der Waals surface area contributed by atoms with E-state index in [0.29, 0.717) is 0 Å². The molecule has 0 radical (unpaired) electrons. The van der Waals surface area contributed by atoms with Crippen LogP contribution in [0.4, 0.5) is 0 Å². The van der Waals surface area contributed by atoms with E-state index in [9.17, 15) is 0 Å². The second-order valence-corrected chi connectivity index (χ2v) is 5.40. The number of halogens is 1. The zero-order valence-corrected chi connectivity index (χ0v) is 11.7. The minimum atomic E-state index is 0.840. The summed E-state index contributed by atoms with van der Waals surface area (Å²) in [7, 11) is 1.98. The zero-order chi connectivity index (χ0) is 12.3. The monoisotopic (exact) mass is 265 g/mol. The normalized spacial score (nSPS) is 10.8. The summed E-state index contributed by atoms with van der Waals surface area (Å²) in [6.07, 6.45) is 1.08. The molecule has 90 valence electrons. The van der Waals surface area contributed by atoms with Crippen LogP contribution in [-0.4, -0.2) is 13.6 Å². The largest absolute Gasteiger partial charge is 0.319 e. The average Bonchev–Trinajstić information content (AvgIpc) is 2.78. The summed E-state index contributed by atoms with van der Waals surface area (Å²) < 4.78 is 0. The third-order valence-electron chi connectivity index (χ3n) is 2.85. The van der Waals surface area contributed by atoms with Gasteiger partial charge in [-0.25, -0.2) is 0 Å². The molecule has 2 aromatic rings. The van der Waals surface area contributed by atoms with Crippen molar-refractivity contribution in [3.05, 3.63) is 45.8 Å². The molecule has 0 unspecified atom stereocenters. The van der Waals surface area contributed by atoms with Crippen molar-refractivity contribution in [1.82, 2.24) is 5.32 Å². The smallest absolute Gasteiger partial charge is 0.0441 e. The SMILES string of the molecule is CNCCc1csc(-c2cccc(Cl)c2C)c1. The number of rotatable bonds is 4. The lowest BCUT2D eigenvalue weighted by Gasteiger charge is -2.04. The molecule has 1 aromatic carbocycles. The van der Waals surface area contributed by atoms with Gasteiger partial charge >= 0.3 is 0 Å². The maximum Gasteiger partial charge on any atom is 0.0441 e. The summed E-state index contributed by atoms with van der Waals surface area (Å²) in [6.45, 7) is 3.09. The zero-order valence-electron chi connectivity index (χ0n) is 10.1. The van der Waals surface area contributed by atoms with E-state index in [4.69, 9.17) is 11.6 Å². The molecule has 0 aliphatic rings. The fourth-order valence-corrected chi connectivity index (χ4v) is 3.00. The number of likely N-dealkylation sites (N-methyl/N-ethyl adjacent to an activating group) is 1. The van der Waals surface area contributed by atoms with Crippen LogP contribution < -0.4 is 5.32 Å². The van der Waals surface area contributed by atoms with Gasteiger partial charge < -0.3 is 5.32 Å². The van der Waals surface area contributed by atoms with E-state index < -0.39 is 0 Å². The van der Waals surface area contributed by atoms with Crippen molar-refractivity contribution >= 4 is 22.9 Å². The van der Waals surface area contributed by atoms with Crippen LogP contribution in [0.15, 0.2) is 29.6 Å². The number of thiophene rings is 1. The summed E-state index contributed by atoms with van der Waals surface area (Å²) in [4.78, 5) is 1.30. The fraction of sp³-hybridized carbons (Fsp3) is 0.286. The quantitative estimate of drug-likeness (QED) is 0.876. The number of hydrogen-bond donors (Lipinski definition) is 1. The maximum absolute atomic E-state index is 6.15. The number of hydrogen-bond acceptors (Lipinski definition) is 2. The summed E-state index contributed by atoms with van der Waals surface area (Å²) in [6, 6.07) is 8.35. The van der Waals surface area contributed by atoms with Crippen LogP contribution in [0.3, 0.4) is 0 Å². The molecule has 3 heteroatoms. The predicted molar refractivity (Wildman–Crippen MR) is 77.1 cm³/mol. The topological polar surface area (TPSA) is 12.0 Å². The average molecular weight is 266 g/mol. The Morgan fingerprint density at radius 1 is 1.35 bits per heavy atom. The van der Waals surface area contributed by atoms with Crippen LogP contribution in [0.25, 0.3) is 10.4 Å². The van der Waals surface area contributed by atoms with Crippen molar-refractivity contribution in [2.45, 2.75) is 13.3 Å². The van der Waals surface area contributed by atoms with E-state index in [1.165, 1.54) is 16.0 Å². The predicted octanol–water partition coefficient (Wildman–Crippen LogP) is 4.14. The highest BCUT2D eigenvalue weighted by Crippen LogP contribution is 2.32. The molecule has 1 aromatic heterocycles. The first-order chi connectivity index (χ1) is 8.22. The van der Waals surface area contributed by atoms with Crippen molar-refractivity contribution in [2.75, 3.05) is 13.6 Å². The van der Waals surface area contributed by atoms with E-state index in [1.54, 1.807) is 11.3 Å². The van der Waals surface area contributed by atoms with Gasteiger partial charge in [0.15, 0.2) is 0 Å². The van der Waals surface area contributed by atoms with E-state index in [0.717, 1.165) is 23.6 Å². The van der Waals surface area contributed by atoms with Gasteiger partial charge in [-0.3, -0.25) is 0 Å². The molecule has 1 nitrogen and oxygen atoms in total. The molecule has 0 saturated carbocycles. The lowest BCUT2D eigenvalue weighted by Crippen LogP contribution is -2.09. The first-order valence-electron chi connectivity index (χ1n) is 5.70. The molecule has 0 atom stereocenters. The summed E-state index contributed by atoms with van der Waals surface area (Å²) in [5.74, 6) is 0. The Kier molecular flexibility index (Phi) is 4.21. The maximum atomic E-state index is 6.15. The van der Waals surface area contributed by atoms with Gasteiger partial charge in [-0.15, -0.1) is 11.3 Å². The Morgan fingerprint density at radius 2 is 2.18 bits per heavy atom. The van der Waals surface area contributed by atoms with E-state index >= 15 is 0 Å². The molecule has 0 spiro atoms. The van der Waals surface area contributed by atoms with Gasteiger partial charge in [-0.1, -0.05) is 23.7 Å². The van der Waals surface area contributed by atoms with Crippen LogP contribution in [0.2, 0.25) is 5.02 Å². The third-order valence-corrected chi connectivity index (χ3v) is 4.27. The standard InChI is InChI=1S/C14H16ClNS/c1-10-12(4-3-5-13(10)15)14-8-11(9-17-14)6-7-16-2/h3-5,8-9,16H,6-7H2,1-2H3. The van der Waals surface area contributed by atoms with Crippen LogP contribution in [0.1, 0.15) is 11.1 Å². The highest BCUT2D eigenvalue weighted by molar-refractivity contribution is 7.13. The van der Waals surface area contributed by atoms with E-state index in [-0.39, 0.29) is 0 Å². The van der Waals surface area contributed by atoms with Crippen molar-refractivity contribution < 1.29 is 0 Å². The van der Waals surface area contributed by atoms with Crippen molar-refractivity contribution in [2.24, 2.45) is 0 Å². The Labute approximate surface area is 111 Å². The van der Waals surface area contributed by atoms with Gasteiger partial charge in [-0.2, -0.15) is 0 Å². The molecule has 1 N–H and O–H groups in total. The molecule has 2 rings (SSSR count). The first-order valence-corrected chi connectivity index (χ1v) is 6.95. The molecule has 1 heterocycles. The van der Waals surface area contributed by atoms with Crippen molar-refractivity contribution in [1.29, 1.82) is 0 Å². The van der Waals surface area contributed by atoms with Crippen molar-refractivity contribution in [3.8, 4) is 10.4 Å². The van der Waals surface area contributed by atoms with E-state index in [2.05, 4.69) is 29.8 Å². The van der Waals surface area contributed by atoms with Gasteiger partial charge in [0, 0.05) is 9.90 Å². The highest BCUT2D eigenvalue weighted by atomic mass is 35.5. The van der Waals surface area contributed by atoms with Gasteiger partial charge in [0.1, 0.15) is 0 Å². The first kappa shape index (κ1) is 12.6. The number of nitrogens with one attached hydrogen (secondary N) is 1. The molecule has 0 fully saturated rings. The Balaban J connectivity index is 2.27. The van der Waals surface area contributed by atoms with E-state index in [1.807, 2.05) is 19.2 Å². The molecule has 0 amide bonds. The van der Waals surface area contributed by atoms with Crippen LogP contribution in [0.5, 0.6) is 0 Å². The molecular weight excluding hydrogens is 250 g/mol. The third kappa shape index (κ3) is 2.89. The van der Waals surface area contributed by atoms with Gasteiger partial charge in [-0.05, 0) is 61.1 Å². The summed E-state index contributed by atoms with van der Waals surface area (Å²) in [5.41, 5.74) is 3.80. The molecule has 0 aliphatic carbocycles. The molecule has 0 saturated heterocycles. The molecule has 0 aliphatic heterocycles. The summed E-state index contributed by atoms with van der Waals surface area (Å²) in [5, 5.41) is 6.24. The van der Waals surface area contributed by atoms with Crippen LogP contribution >= 0.6 is 22.9 Å². The summed E-state index contributed by atoms with van der Waals surface area (Å²) >= 11 is 7.94. The highest BCUT2D eigenvalue weighted by Gasteiger charge is 2.07. The van der Waals surface area contributed by atoms with Gasteiger partial charge in [0.25, 0.3) is 0 Å². The Morgan fingerprint density at radius 3 is 2.94 bits per heavy atom. The minimum absolute atomic E-state index is 0.840. The second-order valence-electron chi connectivity index (χ2n) is 4.09.